The average Bonchev–Trinajstić information content (AvgIpc) is 2.37. The van der Waals surface area contributed by atoms with Crippen LogP contribution in [0.15, 0.2) is 22.7 Å². The van der Waals surface area contributed by atoms with Crippen LogP contribution < -0.4 is 0 Å². The third-order valence-corrected chi connectivity index (χ3v) is 4.25. The van der Waals surface area contributed by atoms with Gasteiger partial charge in [0.2, 0.25) is 0 Å². The molecule has 1 rings (SSSR count). The van der Waals surface area contributed by atoms with Crippen LogP contribution in [-0.2, 0) is 4.74 Å². The topological polar surface area (TPSA) is 9.23 Å². The van der Waals surface area contributed by atoms with E-state index in [1.165, 1.54) is 0 Å². The Bertz CT molecular complexity index is 466. The molecule has 0 aliphatic heterocycles. The van der Waals surface area contributed by atoms with E-state index in [1.807, 2.05) is 19.9 Å². The molecule has 0 N–H and O–H groups in total. The molecule has 1 aromatic rings. The Balaban J connectivity index is 2.46. The summed E-state index contributed by atoms with van der Waals surface area (Å²) in [6, 6.07) is 5.27. The van der Waals surface area contributed by atoms with E-state index in [-0.39, 0.29) is 16.1 Å². The van der Waals surface area contributed by atoms with Gasteiger partial charge >= 0.3 is 0 Å². The van der Waals surface area contributed by atoms with Crippen molar-refractivity contribution in [3.8, 4) is 12.3 Å². The summed E-state index contributed by atoms with van der Waals surface area (Å²) >= 11 is 6.67. The van der Waals surface area contributed by atoms with Gasteiger partial charge in [-0.3, -0.25) is 0 Å². The van der Waals surface area contributed by atoms with Crippen molar-refractivity contribution in [1.82, 2.24) is 0 Å². The Morgan fingerprint density at radius 1 is 1.47 bits per heavy atom. The lowest BCUT2D eigenvalue weighted by atomic mass is 9.97. The number of alkyl halides is 1. The van der Waals surface area contributed by atoms with Crippen LogP contribution in [0, 0.1) is 23.6 Å². The Morgan fingerprint density at radius 2 is 2.16 bits per heavy atom. The van der Waals surface area contributed by atoms with Crippen molar-refractivity contribution in [2.75, 3.05) is 13.2 Å². The molecule has 0 fully saturated rings. The molecule has 0 heterocycles. The first-order valence-corrected chi connectivity index (χ1v) is 7.72. The second-order valence-electron chi connectivity index (χ2n) is 4.98. The number of hydrogen-bond donors (Lipinski definition) is 0. The van der Waals surface area contributed by atoms with Crippen molar-refractivity contribution >= 4 is 31.9 Å². The molecule has 0 bridgehead atoms. The summed E-state index contributed by atoms with van der Waals surface area (Å²) < 4.78 is 19.9. The normalized spacial score (nSPS) is 13.1. The van der Waals surface area contributed by atoms with Crippen molar-refractivity contribution in [3.63, 3.8) is 0 Å². The summed E-state index contributed by atoms with van der Waals surface area (Å²) in [6.07, 6.45) is 6.07. The number of hydrogen-bond acceptors (Lipinski definition) is 1. The van der Waals surface area contributed by atoms with Crippen molar-refractivity contribution in [2.24, 2.45) is 5.41 Å². The molecule has 1 atom stereocenters. The monoisotopic (exact) mass is 390 g/mol. The summed E-state index contributed by atoms with van der Waals surface area (Å²) in [5.41, 5.74) is 0.372. The lowest BCUT2D eigenvalue weighted by molar-refractivity contribution is 0.0855. The number of ether oxygens (including phenoxy) is 1. The summed E-state index contributed by atoms with van der Waals surface area (Å²) in [5, 5.41) is 0. The highest BCUT2D eigenvalue weighted by Crippen LogP contribution is 2.31. The van der Waals surface area contributed by atoms with E-state index in [2.05, 4.69) is 37.8 Å². The maximum absolute atomic E-state index is 13.9. The predicted molar refractivity (Wildman–Crippen MR) is 83.8 cm³/mol. The van der Waals surface area contributed by atoms with Gasteiger partial charge in [-0.15, -0.1) is 6.42 Å². The third-order valence-electron chi connectivity index (χ3n) is 2.69. The molecule has 0 aromatic heterocycles. The Labute approximate surface area is 131 Å². The van der Waals surface area contributed by atoms with E-state index in [0.717, 1.165) is 0 Å². The second kappa shape index (κ2) is 7.42. The molecule has 19 heavy (non-hydrogen) atoms. The minimum atomic E-state index is -0.261. The van der Waals surface area contributed by atoms with Gasteiger partial charge in [0.05, 0.1) is 11.1 Å². The van der Waals surface area contributed by atoms with Crippen molar-refractivity contribution in [3.05, 3.63) is 34.1 Å². The highest BCUT2D eigenvalue weighted by molar-refractivity contribution is 9.10. The van der Waals surface area contributed by atoms with Crippen LogP contribution in [0.25, 0.3) is 0 Å². The highest BCUT2D eigenvalue weighted by atomic mass is 79.9. The fourth-order valence-electron chi connectivity index (χ4n) is 1.47. The van der Waals surface area contributed by atoms with Gasteiger partial charge in [-0.05, 0) is 42.3 Å². The van der Waals surface area contributed by atoms with E-state index in [0.29, 0.717) is 29.7 Å². The molecule has 0 saturated carbocycles. The van der Waals surface area contributed by atoms with Gasteiger partial charge in [-0.1, -0.05) is 34.0 Å². The van der Waals surface area contributed by atoms with Crippen LogP contribution in [-0.4, -0.2) is 13.2 Å². The molecule has 0 amide bonds. The van der Waals surface area contributed by atoms with Gasteiger partial charge in [-0.25, -0.2) is 4.39 Å². The summed E-state index contributed by atoms with van der Waals surface area (Å²) in [6.45, 7) is 4.94. The number of terminal acetylenes is 1. The maximum Gasteiger partial charge on any atom is 0.141 e. The number of halogens is 3. The van der Waals surface area contributed by atoms with E-state index in [4.69, 9.17) is 11.2 Å². The molecular weight excluding hydrogens is 375 g/mol. The molecule has 0 spiro atoms. The summed E-state index contributed by atoms with van der Waals surface area (Å²) in [7, 11) is 0. The Morgan fingerprint density at radius 3 is 2.79 bits per heavy atom. The van der Waals surface area contributed by atoms with E-state index in [1.54, 1.807) is 12.1 Å². The van der Waals surface area contributed by atoms with Crippen LogP contribution in [0.4, 0.5) is 4.39 Å². The summed E-state index contributed by atoms with van der Waals surface area (Å²) in [4.78, 5) is -0.0704. The minimum absolute atomic E-state index is 0.0704. The molecule has 104 valence electrons. The van der Waals surface area contributed by atoms with Gasteiger partial charge in [0.1, 0.15) is 5.82 Å². The van der Waals surface area contributed by atoms with Crippen LogP contribution in [0.5, 0.6) is 0 Å². The molecule has 1 nitrogen and oxygen atoms in total. The zero-order valence-electron chi connectivity index (χ0n) is 11.1. The largest absolute Gasteiger partial charge is 0.380 e. The molecule has 0 aliphatic carbocycles. The van der Waals surface area contributed by atoms with Crippen molar-refractivity contribution in [1.29, 1.82) is 0 Å². The SMILES string of the molecule is C#CC(C)(C)COCCC(Br)c1cccc(Br)c1F. The average molecular weight is 392 g/mol. The second-order valence-corrected chi connectivity index (χ2v) is 6.94. The van der Waals surface area contributed by atoms with Gasteiger partial charge in [0.25, 0.3) is 0 Å². The van der Waals surface area contributed by atoms with Crippen molar-refractivity contribution in [2.45, 2.75) is 25.1 Å². The van der Waals surface area contributed by atoms with E-state index in [9.17, 15) is 4.39 Å². The van der Waals surface area contributed by atoms with Crippen LogP contribution in [0.1, 0.15) is 30.7 Å². The zero-order valence-corrected chi connectivity index (χ0v) is 14.2. The van der Waals surface area contributed by atoms with Gasteiger partial charge in [-0.2, -0.15) is 0 Å². The smallest absolute Gasteiger partial charge is 0.141 e. The standard InChI is InChI=1S/C15H17Br2FO/c1-4-15(2,3)10-19-9-8-12(16)11-6-5-7-13(17)14(11)18/h1,5-7,12H,8-10H2,2-3H3. The highest BCUT2D eigenvalue weighted by Gasteiger charge is 2.16. The molecule has 1 aromatic carbocycles. The molecular formula is C15H17Br2FO. The quantitative estimate of drug-likeness (QED) is 0.372. The fraction of sp³-hybridized carbons (Fsp3) is 0.467. The summed E-state index contributed by atoms with van der Waals surface area (Å²) in [5.74, 6) is 2.45. The van der Waals surface area contributed by atoms with Crippen LogP contribution in [0.2, 0.25) is 0 Å². The molecule has 0 radical (unpaired) electrons. The van der Waals surface area contributed by atoms with E-state index < -0.39 is 0 Å². The van der Waals surface area contributed by atoms with Crippen molar-refractivity contribution < 1.29 is 9.13 Å². The number of benzene rings is 1. The first-order valence-electron chi connectivity index (χ1n) is 6.01. The van der Waals surface area contributed by atoms with Gasteiger partial charge < -0.3 is 4.74 Å². The lowest BCUT2D eigenvalue weighted by Gasteiger charge is -2.18. The molecule has 0 saturated heterocycles. The fourth-order valence-corrected chi connectivity index (χ4v) is 2.40. The molecule has 4 heteroatoms. The van der Waals surface area contributed by atoms with Crippen LogP contribution >= 0.6 is 31.9 Å². The zero-order chi connectivity index (χ0) is 14.5. The Kier molecular flexibility index (Phi) is 6.52. The third kappa shape index (κ3) is 5.25. The predicted octanol–water partition coefficient (Wildman–Crippen LogP) is 5.09. The Hall–Kier alpha value is -0.370. The first-order chi connectivity index (χ1) is 8.87. The minimum Gasteiger partial charge on any atom is -0.380 e. The van der Waals surface area contributed by atoms with Gasteiger partial charge in [0, 0.05) is 22.4 Å². The number of rotatable bonds is 6. The lowest BCUT2D eigenvalue weighted by Crippen LogP contribution is -2.17. The van der Waals surface area contributed by atoms with E-state index >= 15 is 0 Å². The maximum atomic E-state index is 13.9. The van der Waals surface area contributed by atoms with Crippen LogP contribution in [0.3, 0.4) is 0 Å². The van der Waals surface area contributed by atoms with Gasteiger partial charge in [0.15, 0.2) is 0 Å². The molecule has 0 aliphatic rings. The molecule has 1 unspecified atom stereocenters. The first kappa shape index (κ1) is 16.7.